The smallest absolute Gasteiger partial charge is 0.256 e. The van der Waals surface area contributed by atoms with Crippen molar-refractivity contribution in [2.24, 2.45) is 0 Å². The average molecular weight is 626 g/mol. The first-order valence-electron chi connectivity index (χ1n) is 16.6. The van der Waals surface area contributed by atoms with Crippen LogP contribution in [0.25, 0.3) is 27.5 Å². The molecule has 0 aliphatic carbocycles. The molecule has 5 heterocycles. The summed E-state index contributed by atoms with van der Waals surface area (Å²) >= 11 is 1.93. The van der Waals surface area contributed by atoms with Crippen LogP contribution in [0.5, 0.6) is 11.5 Å². The Morgan fingerprint density at radius 2 is 1.21 bits per heavy atom. The molecule has 1 aromatic heterocycles. The predicted octanol–water partition coefficient (Wildman–Crippen LogP) is 6.48. The molecule has 8 aromatic rings. The largest absolute Gasteiger partial charge is 0.456 e. The number of hydrogen-bond acceptors (Lipinski definition) is 3. The van der Waals surface area contributed by atoms with Crippen LogP contribution in [0, 0.1) is 0 Å². The normalized spacial score (nSPS) is 14.2. The van der Waals surface area contributed by atoms with Gasteiger partial charge in [-0.15, -0.1) is 0 Å². The van der Waals surface area contributed by atoms with Crippen LogP contribution < -0.4 is 42.4 Å². The Bertz CT molecular complexity index is 2720. The Morgan fingerprint density at radius 1 is 0.521 bits per heavy atom. The molecular weight excluding hydrogens is 602 g/mol. The van der Waals surface area contributed by atoms with Gasteiger partial charge in [0.2, 0.25) is 6.71 Å². The van der Waals surface area contributed by atoms with E-state index in [0.717, 1.165) is 22.9 Å². The minimum absolute atomic E-state index is 0.0352. The number of rotatable bonds is 1. The Morgan fingerprint density at radius 3 is 2.12 bits per heavy atom. The van der Waals surface area contributed by atoms with Crippen molar-refractivity contribution in [1.29, 1.82) is 0 Å². The van der Waals surface area contributed by atoms with E-state index in [1.807, 2.05) is 11.8 Å². The Kier molecular flexibility index (Phi) is 4.81. The molecule has 3 nitrogen and oxygen atoms in total. The maximum atomic E-state index is 7.28. The van der Waals surface area contributed by atoms with E-state index in [1.54, 1.807) is 0 Å². The maximum Gasteiger partial charge on any atom is 0.256 e. The molecule has 4 aliphatic rings. The lowest BCUT2D eigenvalue weighted by molar-refractivity contribution is 0.488. The molecule has 0 N–H and O–H groups in total. The quantitative estimate of drug-likeness (QED) is 0.194. The molecular formula is C42H24B2N2OS. The summed E-state index contributed by atoms with van der Waals surface area (Å²) in [7, 11) is 0. The molecule has 6 heteroatoms. The highest BCUT2D eigenvalue weighted by molar-refractivity contribution is 8.00. The summed E-state index contributed by atoms with van der Waals surface area (Å²) in [6.07, 6.45) is 0. The van der Waals surface area contributed by atoms with Crippen molar-refractivity contribution in [2.45, 2.75) is 9.79 Å². The SMILES string of the molecule is c1ccc(N2c3ccccc3B3c4ccccc4Sc4c3c2c2c3c4-n4c5ccccc5c5cccc(c54)B3c3ccccc3O2)cc1. The number of benzene rings is 7. The van der Waals surface area contributed by atoms with Gasteiger partial charge in [0.05, 0.1) is 16.9 Å². The van der Waals surface area contributed by atoms with Crippen molar-refractivity contribution in [3.63, 3.8) is 0 Å². The van der Waals surface area contributed by atoms with Crippen LogP contribution in [0.15, 0.2) is 155 Å². The summed E-state index contributed by atoms with van der Waals surface area (Å²) < 4.78 is 9.86. The zero-order chi connectivity index (χ0) is 31.1. The molecule has 0 radical (unpaired) electrons. The molecule has 0 fully saturated rings. The van der Waals surface area contributed by atoms with Crippen molar-refractivity contribution in [3.05, 3.63) is 146 Å². The van der Waals surface area contributed by atoms with Gasteiger partial charge in [-0.1, -0.05) is 126 Å². The first-order chi connectivity index (χ1) is 23.9. The van der Waals surface area contributed by atoms with Crippen LogP contribution in [0.1, 0.15) is 0 Å². The van der Waals surface area contributed by atoms with Gasteiger partial charge in [-0.25, -0.2) is 0 Å². The topological polar surface area (TPSA) is 17.4 Å². The van der Waals surface area contributed by atoms with Crippen LogP contribution in [0.4, 0.5) is 17.1 Å². The monoisotopic (exact) mass is 626 g/mol. The molecule has 0 unspecified atom stereocenters. The molecule has 4 aliphatic heterocycles. The van der Waals surface area contributed by atoms with Crippen molar-refractivity contribution in [3.8, 4) is 17.2 Å². The average Bonchev–Trinajstić information content (AvgIpc) is 3.49. The van der Waals surface area contributed by atoms with Gasteiger partial charge in [-0.05, 0) is 58.2 Å². The standard InChI is InChI=1S/C42H24B2N2OS/c1-2-13-25(14-3-1)45-33-22-9-5-17-28(33)43-30-19-7-11-24-35(30)48-42-37(43)39(45)41-36-40(42)46-32-21-8-4-15-26(32)27-16-12-20-31(38(27)46)44(36)29-18-6-10-23-34(29)47-41/h1-24H. The van der Waals surface area contributed by atoms with Gasteiger partial charge in [0.25, 0.3) is 6.71 Å². The highest BCUT2D eigenvalue weighted by Crippen LogP contribution is 2.51. The van der Waals surface area contributed by atoms with Crippen molar-refractivity contribution in [1.82, 2.24) is 4.57 Å². The van der Waals surface area contributed by atoms with Crippen LogP contribution in [0.3, 0.4) is 0 Å². The molecule has 220 valence electrons. The van der Waals surface area contributed by atoms with Gasteiger partial charge in [0, 0.05) is 42.9 Å². The second-order valence-corrected chi connectivity index (χ2v) is 14.2. The second kappa shape index (κ2) is 9.06. The first-order valence-corrected chi connectivity index (χ1v) is 17.4. The lowest BCUT2D eigenvalue weighted by atomic mass is 9.32. The van der Waals surface area contributed by atoms with E-state index < -0.39 is 0 Å². The van der Waals surface area contributed by atoms with E-state index in [0.29, 0.717) is 0 Å². The summed E-state index contributed by atoms with van der Waals surface area (Å²) in [5.41, 5.74) is 15.1. The van der Waals surface area contributed by atoms with Crippen LogP contribution in [-0.2, 0) is 0 Å². The van der Waals surface area contributed by atoms with Gasteiger partial charge in [-0.3, -0.25) is 0 Å². The van der Waals surface area contributed by atoms with E-state index >= 15 is 0 Å². The van der Waals surface area contributed by atoms with Crippen molar-refractivity contribution in [2.75, 3.05) is 4.90 Å². The molecule has 0 saturated heterocycles. The van der Waals surface area contributed by atoms with Crippen molar-refractivity contribution < 1.29 is 4.74 Å². The molecule has 0 saturated carbocycles. The number of nitrogens with zero attached hydrogens (tertiary/aromatic N) is 2. The van der Waals surface area contributed by atoms with Crippen LogP contribution in [-0.4, -0.2) is 18.0 Å². The van der Waals surface area contributed by atoms with Gasteiger partial charge in [0.15, 0.2) is 0 Å². The molecule has 0 spiro atoms. The number of aromatic nitrogens is 1. The Labute approximate surface area is 282 Å². The maximum absolute atomic E-state index is 7.28. The number of hydrogen-bond donors (Lipinski definition) is 0. The second-order valence-electron chi connectivity index (χ2n) is 13.2. The van der Waals surface area contributed by atoms with Crippen LogP contribution in [0.2, 0.25) is 0 Å². The summed E-state index contributed by atoms with van der Waals surface area (Å²) in [6, 6.07) is 53.3. The molecule has 7 aromatic carbocycles. The third-order valence-electron chi connectivity index (χ3n) is 10.9. The predicted molar refractivity (Wildman–Crippen MR) is 202 cm³/mol. The molecule has 0 bridgehead atoms. The highest BCUT2D eigenvalue weighted by atomic mass is 32.2. The van der Waals surface area contributed by atoms with Gasteiger partial charge >= 0.3 is 0 Å². The first kappa shape index (κ1) is 25.5. The molecule has 0 atom stereocenters. The lowest BCUT2D eigenvalue weighted by Gasteiger charge is -2.45. The van der Waals surface area contributed by atoms with E-state index in [-0.39, 0.29) is 13.4 Å². The summed E-state index contributed by atoms with van der Waals surface area (Å²) in [6.45, 7) is 0.104. The third-order valence-corrected chi connectivity index (χ3v) is 12.1. The summed E-state index contributed by atoms with van der Waals surface area (Å²) in [5.74, 6) is 1.90. The van der Waals surface area contributed by atoms with E-state index in [9.17, 15) is 0 Å². The summed E-state index contributed by atoms with van der Waals surface area (Å²) in [5, 5.41) is 2.59. The van der Waals surface area contributed by atoms with E-state index in [2.05, 4.69) is 155 Å². The van der Waals surface area contributed by atoms with Gasteiger partial charge in [0.1, 0.15) is 11.5 Å². The Balaban J connectivity index is 1.34. The number of ether oxygens (including phenoxy) is 1. The molecule has 12 rings (SSSR count). The van der Waals surface area contributed by atoms with E-state index in [4.69, 9.17) is 4.74 Å². The minimum atomic E-state index is 0.0352. The number of para-hydroxylation sites is 5. The highest BCUT2D eigenvalue weighted by Gasteiger charge is 2.50. The van der Waals surface area contributed by atoms with E-state index in [1.165, 1.54) is 75.7 Å². The minimum Gasteiger partial charge on any atom is -0.456 e. The molecule has 48 heavy (non-hydrogen) atoms. The fourth-order valence-corrected chi connectivity index (χ4v) is 10.4. The fraction of sp³-hybridized carbons (Fsp3) is 0. The van der Waals surface area contributed by atoms with Crippen molar-refractivity contribution >= 4 is 96.8 Å². The third kappa shape index (κ3) is 3.01. The lowest BCUT2D eigenvalue weighted by Crippen LogP contribution is -2.64. The Hall–Kier alpha value is -5.58. The van der Waals surface area contributed by atoms with Crippen LogP contribution >= 0.6 is 11.8 Å². The zero-order valence-corrected chi connectivity index (χ0v) is 26.5. The number of fused-ring (bicyclic) bond motifs is 13. The summed E-state index contributed by atoms with van der Waals surface area (Å²) in [4.78, 5) is 5.12. The van der Waals surface area contributed by atoms with Gasteiger partial charge in [-0.2, -0.15) is 0 Å². The molecule has 0 amide bonds. The fourth-order valence-electron chi connectivity index (χ4n) is 9.11. The van der Waals surface area contributed by atoms with Gasteiger partial charge < -0.3 is 14.2 Å². The number of anilines is 3. The zero-order valence-electron chi connectivity index (χ0n) is 25.7.